The van der Waals surface area contributed by atoms with Crippen molar-refractivity contribution in [3.63, 3.8) is 0 Å². The van der Waals surface area contributed by atoms with Crippen molar-refractivity contribution in [1.29, 1.82) is 0 Å². The smallest absolute Gasteiger partial charge is 0.306 e. The van der Waals surface area contributed by atoms with Gasteiger partial charge in [-0.15, -0.1) is 0 Å². The van der Waals surface area contributed by atoms with Gasteiger partial charge in [0, 0.05) is 24.7 Å². The van der Waals surface area contributed by atoms with E-state index in [4.69, 9.17) is 9.47 Å². The summed E-state index contributed by atoms with van der Waals surface area (Å²) in [5.41, 5.74) is 2.28. The van der Waals surface area contributed by atoms with Crippen molar-refractivity contribution in [2.24, 2.45) is 0 Å². The third kappa shape index (κ3) is 7.90. The molecular weight excluding hydrogens is 360 g/mol. The van der Waals surface area contributed by atoms with Crippen LogP contribution in [0.1, 0.15) is 25.3 Å². The highest BCUT2D eigenvalue weighted by molar-refractivity contribution is 5.93. The van der Waals surface area contributed by atoms with E-state index < -0.39 is 11.9 Å². The Morgan fingerprint density at radius 2 is 1.64 bits per heavy atom. The molecule has 0 bridgehead atoms. The number of hydrogen-bond donors (Lipinski definition) is 2. The molecule has 148 valence electrons. The quantitative estimate of drug-likeness (QED) is 0.511. The van der Waals surface area contributed by atoms with Gasteiger partial charge in [-0.2, -0.15) is 0 Å². The van der Waals surface area contributed by atoms with E-state index in [1.165, 1.54) is 6.92 Å². The van der Waals surface area contributed by atoms with Crippen LogP contribution in [-0.2, 0) is 19.1 Å². The minimum Gasteiger partial charge on any atom is -0.494 e. The van der Waals surface area contributed by atoms with Crippen LogP contribution in [0.15, 0.2) is 48.5 Å². The number of carbonyl (C=O) groups is 3. The van der Waals surface area contributed by atoms with E-state index >= 15 is 0 Å². The first kappa shape index (κ1) is 21.0. The van der Waals surface area contributed by atoms with Crippen LogP contribution in [0.4, 0.5) is 11.4 Å². The van der Waals surface area contributed by atoms with Gasteiger partial charge in [-0.25, -0.2) is 0 Å². The summed E-state index contributed by atoms with van der Waals surface area (Å²) >= 11 is 0. The Labute approximate surface area is 164 Å². The highest BCUT2D eigenvalue weighted by Gasteiger charge is 2.08. The molecule has 0 aromatic heterocycles. The molecule has 2 N–H and O–H groups in total. The zero-order valence-electron chi connectivity index (χ0n) is 16.0. The summed E-state index contributed by atoms with van der Waals surface area (Å²) in [6, 6.07) is 14.3. The maximum absolute atomic E-state index is 11.8. The molecule has 0 saturated heterocycles. The summed E-state index contributed by atoms with van der Waals surface area (Å²) in [5.74, 6) is -0.300. The van der Waals surface area contributed by atoms with Crippen LogP contribution in [0.2, 0.25) is 0 Å². The number of ether oxygens (including phenoxy) is 2. The standard InChI is InChI=1S/C21H24N2O5/c1-15-5-3-6-19(13-15)27-12-4-7-21(26)28-14-20(25)23-18-10-8-17(9-11-18)22-16(2)24/h3,5-6,8-11,13H,4,7,12,14H2,1-2H3,(H,22,24)(H,23,25). The SMILES string of the molecule is CC(=O)Nc1ccc(NC(=O)COC(=O)CCCOc2cccc(C)c2)cc1. The molecule has 0 aliphatic heterocycles. The van der Waals surface area contributed by atoms with Gasteiger partial charge in [-0.1, -0.05) is 12.1 Å². The van der Waals surface area contributed by atoms with Gasteiger partial charge < -0.3 is 20.1 Å². The first-order chi connectivity index (χ1) is 13.4. The van der Waals surface area contributed by atoms with Crippen molar-refractivity contribution in [1.82, 2.24) is 0 Å². The molecule has 0 atom stereocenters. The van der Waals surface area contributed by atoms with Gasteiger partial charge in [0.1, 0.15) is 5.75 Å². The van der Waals surface area contributed by atoms with E-state index in [1.54, 1.807) is 24.3 Å². The molecule has 2 aromatic carbocycles. The molecule has 2 amide bonds. The molecule has 2 rings (SSSR count). The summed E-state index contributed by atoms with van der Waals surface area (Å²) in [6.45, 7) is 3.43. The molecule has 0 spiro atoms. The second kappa shape index (κ2) is 10.7. The summed E-state index contributed by atoms with van der Waals surface area (Å²) in [5, 5.41) is 5.25. The van der Waals surface area contributed by atoms with Gasteiger partial charge in [0.2, 0.25) is 5.91 Å². The van der Waals surface area contributed by atoms with E-state index in [9.17, 15) is 14.4 Å². The van der Waals surface area contributed by atoms with Crippen LogP contribution in [0, 0.1) is 6.92 Å². The van der Waals surface area contributed by atoms with Crippen molar-refractivity contribution < 1.29 is 23.9 Å². The lowest BCUT2D eigenvalue weighted by molar-refractivity contribution is -0.147. The van der Waals surface area contributed by atoms with E-state index in [2.05, 4.69) is 10.6 Å². The van der Waals surface area contributed by atoms with Crippen molar-refractivity contribution >= 4 is 29.2 Å². The fraction of sp³-hybridized carbons (Fsp3) is 0.286. The second-order valence-corrected chi connectivity index (χ2v) is 6.24. The number of benzene rings is 2. The van der Waals surface area contributed by atoms with E-state index in [1.807, 2.05) is 31.2 Å². The number of aryl methyl sites for hydroxylation is 1. The number of rotatable bonds is 9. The number of amides is 2. The number of carbonyl (C=O) groups excluding carboxylic acids is 3. The van der Waals surface area contributed by atoms with Gasteiger partial charge in [0.05, 0.1) is 6.61 Å². The zero-order valence-corrected chi connectivity index (χ0v) is 16.0. The third-order valence-electron chi connectivity index (χ3n) is 3.64. The molecule has 7 heteroatoms. The lowest BCUT2D eigenvalue weighted by atomic mass is 10.2. The van der Waals surface area contributed by atoms with Crippen molar-refractivity contribution in [2.75, 3.05) is 23.8 Å². The van der Waals surface area contributed by atoms with Crippen LogP contribution in [-0.4, -0.2) is 31.0 Å². The summed E-state index contributed by atoms with van der Waals surface area (Å²) in [6.07, 6.45) is 0.670. The monoisotopic (exact) mass is 384 g/mol. The predicted molar refractivity (Wildman–Crippen MR) is 106 cm³/mol. The third-order valence-corrected chi connectivity index (χ3v) is 3.64. The molecule has 7 nitrogen and oxygen atoms in total. The topological polar surface area (TPSA) is 93.7 Å². The van der Waals surface area contributed by atoms with Gasteiger partial charge in [-0.05, 0) is 55.3 Å². The largest absolute Gasteiger partial charge is 0.494 e. The second-order valence-electron chi connectivity index (χ2n) is 6.24. The van der Waals surface area contributed by atoms with Gasteiger partial charge in [0.25, 0.3) is 5.91 Å². The minimum atomic E-state index is -0.455. The van der Waals surface area contributed by atoms with Gasteiger partial charge >= 0.3 is 5.97 Å². The fourth-order valence-corrected chi connectivity index (χ4v) is 2.37. The van der Waals surface area contributed by atoms with Gasteiger partial charge in [-0.3, -0.25) is 14.4 Å². The predicted octanol–water partition coefficient (Wildman–Crippen LogP) is 3.29. The number of hydrogen-bond acceptors (Lipinski definition) is 5. The summed E-state index contributed by atoms with van der Waals surface area (Å²) in [4.78, 5) is 34.5. The van der Waals surface area contributed by atoms with Crippen LogP contribution >= 0.6 is 0 Å². The minimum absolute atomic E-state index is 0.171. The highest BCUT2D eigenvalue weighted by Crippen LogP contribution is 2.14. The molecule has 0 fully saturated rings. The van der Waals surface area contributed by atoms with Crippen molar-refractivity contribution in [2.45, 2.75) is 26.7 Å². The Morgan fingerprint density at radius 3 is 2.29 bits per heavy atom. The molecule has 0 saturated carbocycles. The Hall–Kier alpha value is -3.35. The van der Waals surface area contributed by atoms with Crippen LogP contribution in [0.25, 0.3) is 0 Å². The maximum Gasteiger partial charge on any atom is 0.306 e. The molecule has 0 aliphatic rings. The Bertz CT molecular complexity index is 818. The molecule has 0 radical (unpaired) electrons. The highest BCUT2D eigenvalue weighted by atomic mass is 16.5. The average molecular weight is 384 g/mol. The molecule has 0 unspecified atom stereocenters. The average Bonchev–Trinajstić information content (AvgIpc) is 2.65. The number of anilines is 2. The van der Waals surface area contributed by atoms with E-state index in [0.29, 0.717) is 24.4 Å². The normalized spacial score (nSPS) is 10.1. The lowest BCUT2D eigenvalue weighted by Crippen LogP contribution is -2.21. The lowest BCUT2D eigenvalue weighted by Gasteiger charge is -2.08. The maximum atomic E-state index is 11.8. The van der Waals surface area contributed by atoms with Crippen molar-refractivity contribution in [3.8, 4) is 5.75 Å². The Morgan fingerprint density at radius 1 is 0.964 bits per heavy atom. The Kier molecular flexibility index (Phi) is 8.02. The first-order valence-electron chi connectivity index (χ1n) is 8.95. The number of esters is 1. The number of nitrogens with one attached hydrogen (secondary N) is 2. The van der Waals surface area contributed by atoms with Crippen LogP contribution in [0.5, 0.6) is 5.75 Å². The van der Waals surface area contributed by atoms with Crippen molar-refractivity contribution in [3.05, 3.63) is 54.1 Å². The van der Waals surface area contributed by atoms with Gasteiger partial charge in [0.15, 0.2) is 6.61 Å². The van der Waals surface area contributed by atoms with E-state index in [0.717, 1.165) is 11.3 Å². The van der Waals surface area contributed by atoms with E-state index in [-0.39, 0.29) is 18.9 Å². The van der Waals surface area contributed by atoms with Crippen LogP contribution < -0.4 is 15.4 Å². The summed E-state index contributed by atoms with van der Waals surface area (Å²) < 4.78 is 10.5. The molecular formula is C21H24N2O5. The Balaban J connectivity index is 1.62. The molecule has 2 aromatic rings. The zero-order chi connectivity index (χ0) is 20.4. The first-order valence-corrected chi connectivity index (χ1v) is 8.95. The van der Waals surface area contributed by atoms with Crippen LogP contribution in [0.3, 0.4) is 0 Å². The molecule has 28 heavy (non-hydrogen) atoms. The molecule has 0 aliphatic carbocycles. The summed E-state index contributed by atoms with van der Waals surface area (Å²) in [7, 11) is 0. The molecule has 0 heterocycles. The fourth-order valence-electron chi connectivity index (χ4n) is 2.37.